The molecule has 0 bridgehead atoms. The van der Waals surface area contributed by atoms with Crippen LogP contribution >= 0.6 is 11.3 Å². The molecule has 1 fully saturated rings. The molecule has 4 rings (SSSR count). The number of methoxy groups -OCH3 is 1. The van der Waals surface area contributed by atoms with E-state index in [9.17, 15) is 9.59 Å². The molecule has 3 aromatic rings. The minimum Gasteiger partial charge on any atom is -0.497 e. The molecular weight excluding hydrogens is 446 g/mol. The summed E-state index contributed by atoms with van der Waals surface area (Å²) in [5.41, 5.74) is 1.79. The smallest absolute Gasteiger partial charge is 0.270 e. The highest BCUT2D eigenvalue weighted by Crippen LogP contribution is 2.29. The lowest BCUT2D eigenvalue weighted by atomic mass is 9.94. The number of carbonyl (C=O) groups excluding carboxylic acids is 2. The fraction of sp³-hybridized carbons (Fsp3) is 0.481. The van der Waals surface area contributed by atoms with E-state index < -0.39 is 0 Å². The average Bonchev–Trinajstić information content (AvgIpc) is 3.41. The summed E-state index contributed by atoms with van der Waals surface area (Å²) in [6, 6.07) is 12.2. The first kappa shape index (κ1) is 24.3. The Morgan fingerprint density at radius 1 is 1.15 bits per heavy atom. The highest BCUT2D eigenvalue weighted by molar-refractivity contribution is 7.16. The van der Waals surface area contributed by atoms with Crippen LogP contribution in [-0.2, 0) is 11.3 Å². The zero-order chi connectivity index (χ0) is 24.2. The van der Waals surface area contributed by atoms with Gasteiger partial charge in [0.15, 0.2) is 0 Å². The van der Waals surface area contributed by atoms with Crippen molar-refractivity contribution in [2.75, 3.05) is 20.2 Å². The first-order valence-electron chi connectivity index (χ1n) is 12.1. The SMILES string of the molecule is COc1cccc(Cn2c(C(=O)N3CCC(C(=O)N[C@H](C)CC(C)C)CC3)cc3ccsc32)c1. The monoisotopic (exact) mass is 481 g/mol. The number of benzene rings is 1. The van der Waals surface area contributed by atoms with E-state index in [-0.39, 0.29) is 23.8 Å². The Bertz CT molecular complexity index is 1140. The molecular formula is C27H35N3O3S. The largest absolute Gasteiger partial charge is 0.497 e. The Hall–Kier alpha value is -2.80. The van der Waals surface area contributed by atoms with Gasteiger partial charge in [0.05, 0.1) is 7.11 Å². The molecule has 1 atom stereocenters. The number of hydrogen-bond acceptors (Lipinski definition) is 4. The number of piperidine rings is 1. The van der Waals surface area contributed by atoms with Crippen molar-refractivity contribution >= 4 is 33.4 Å². The molecule has 2 amide bonds. The quantitative estimate of drug-likeness (QED) is 0.483. The van der Waals surface area contributed by atoms with Crippen molar-refractivity contribution in [3.63, 3.8) is 0 Å². The van der Waals surface area contributed by atoms with Crippen LogP contribution in [-0.4, -0.2) is 47.5 Å². The van der Waals surface area contributed by atoms with E-state index in [0.29, 0.717) is 44.1 Å². The van der Waals surface area contributed by atoms with E-state index in [2.05, 4.69) is 48.2 Å². The number of fused-ring (bicyclic) bond motifs is 1. The fourth-order valence-corrected chi connectivity index (χ4v) is 5.79. The molecule has 3 heterocycles. The van der Waals surface area contributed by atoms with Crippen LogP contribution in [0.25, 0.3) is 10.2 Å². The van der Waals surface area contributed by atoms with Gasteiger partial charge in [-0.05, 0) is 67.3 Å². The minimum absolute atomic E-state index is 0.0225. The number of aromatic nitrogens is 1. The lowest BCUT2D eigenvalue weighted by Gasteiger charge is -2.32. The Morgan fingerprint density at radius 3 is 2.62 bits per heavy atom. The van der Waals surface area contributed by atoms with E-state index in [1.54, 1.807) is 18.4 Å². The summed E-state index contributed by atoms with van der Waals surface area (Å²) < 4.78 is 7.49. The molecule has 2 aromatic heterocycles. The number of likely N-dealkylation sites (tertiary alicyclic amines) is 1. The molecule has 1 aliphatic heterocycles. The van der Waals surface area contributed by atoms with Crippen LogP contribution < -0.4 is 10.1 Å². The third-order valence-electron chi connectivity index (χ3n) is 6.56. The number of nitrogens with zero attached hydrogens (tertiary/aromatic N) is 2. The molecule has 34 heavy (non-hydrogen) atoms. The molecule has 1 N–H and O–H groups in total. The average molecular weight is 482 g/mol. The van der Waals surface area contributed by atoms with E-state index in [0.717, 1.165) is 28.0 Å². The lowest BCUT2D eigenvalue weighted by molar-refractivity contribution is -0.127. The Morgan fingerprint density at radius 2 is 1.91 bits per heavy atom. The fourth-order valence-electron chi connectivity index (χ4n) is 4.90. The normalized spacial score (nSPS) is 15.6. The minimum atomic E-state index is -0.0225. The van der Waals surface area contributed by atoms with E-state index in [4.69, 9.17) is 4.74 Å². The van der Waals surface area contributed by atoms with Gasteiger partial charge in [-0.3, -0.25) is 9.59 Å². The number of rotatable bonds is 8. The molecule has 1 aliphatic rings. The van der Waals surface area contributed by atoms with Gasteiger partial charge in [0.25, 0.3) is 5.91 Å². The Kier molecular flexibility index (Phi) is 7.61. The topological polar surface area (TPSA) is 63.6 Å². The maximum atomic E-state index is 13.6. The number of hydrogen-bond donors (Lipinski definition) is 1. The van der Waals surface area contributed by atoms with Crippen molar-refractivity contribution in [3.8, 4) is 5.75 Å². The predicted octanol–water partition coefficient (Wildman–Crippen LogP) is 5.16. The van der Waals surface area contributed by atoms with Gasteiger partial charge >= 0.3 is 0 Å². The van der Waals surface area contributed by atoms with Crippen molar-refractivity contribution in [1.29, 1.82) is 0 Å². The van der Waals surface area contributed by atoms with Crippen molar-refractivity contribution in [2.24, 2.45) is 11.8 Å². The van der Waals surface area contributed by atoms with Crippen molar-refractivity contribution in [2.45, 2.75) is 52.6 Å². The molecule has 0 saturated carbocycles. The molecule has 1 saturated heterocycles. The third kappa shape index (κ3) is 5.46. The van der Waals surface area contributed by atoms with Gasteiger partial charge < -0.3 is 19.5 Å². The third-order valence-corrected chi connectivity index (χ3v) is 7.51. The van der Waals surface area contributed by atoms with Crippen LogP contribution in [0.2, 0.25) is 0 Å². The standard InChI is InChI=1S/C27H35N3O3S/c1-18(2)14-19(3)28-25(31)21-8-11-29(12-9-21)26(32)24-16-22-10-13-34-27(22)30(24)17-20-6-5-7-23(15-20)33-4/h5-7,10,13,15-16,18-19,21H,8-9,11-12,14,17H2,1-4H3,(H,28,31)/t19-/m1/s1. The van der Waals surface area contributed by atoms with Gasteiger partial charge in [-0.15, -0.1) is 11.3 Å². The highest BCUT2D eigenvalue weighted by Gasteiger charge is 2.30. The van der Waals surface area contributed by atoms with Crippen LogP contribution in [0.1, 0.15) is 56.1 Å². The summed E-state index contributed by atoms with van der Waals surface area (Å²) in [6.45, 7) is 8.22. The Labute approximate surface area is 205 Å². The molecule has 7 heteroatoms. The second-order valence-corrected chi connectivity index (χ2v) is 10.6. The summed E-state index contributed by atoms with van der Waals surface area (Å²) >= 11 is 1.65. The second-order valence-electron chi connectivity index (χ2n) is 9.75. The molecule has 6 nitrogen and oxygen atoms in total. The number of nitrogens with one attached hydrogen (secondary N) is 1. The maximum absolute atomic E-state index is 13.6. The molecule has 0 unspecified atom stereocenters. The van der Waals surface area contributed by atoms with Crippen LogP contribution in [0.5, 0.6) is 5.75 Å². The molecule has 0 radical (unpaired) electrons. The van der Waals surface area contributed by atoms with Crippen molar-refractivity contribution in [3.05, 3.63) is 53.0 Å². The van der Waals surface area contributed by atoms with Crippen molar-refractivity contribution < 1.29 is 14.3 Å². The number of ether oxygens (including phenoxy) is 1. The van der Waals surface area contributed by atoms with Crippen molar-refractivity contribution in [1.82, 2.24) is 14.8 Å². The molecule has 1 aromatic carbocycles. The number of thiophene rings is 1. The van der Waals surface area contributed by atoms with Gasteiger partial charge in [-0.1, -0.05) is 26.0 Å². The van der Waals surface area contributed by atoms with E-state index in [1.807, 2.05) is 29.2 Å². The first-order chi connectivity index (χ1) is 16.4. The zero-order valence-corrected chi connectivity index (χ0v) is 21.4. The molecule has 0 spiro atoms. The van der Waals surface area contributed by atoms with Gasteiger partial charge in [0.1, 0.15) is 16.3 Å². The highest BCUT2D eigenvalue weighted by atomic mass is 32.1. The lowest BCUT2D eigenvalue weighted by Crippen LogP contribution is -2.45. The van der Waals surface area contributed by atoms with E-state index in [1.165, 1.54) is 0 Å². The summed E-state index contributed by atoms with van der Waals surface area (Å²) in [7, 11) is 1.66. The predicted molar refractivity (Wildman–Crippen MR) is 138 cm³/mol. The van der Waals surface area contributed by atoms with Gasteiger partial charge in [0, 0.05) is 37.0 Å². The van der Waals surface area contributed by atoms with Crippen LogP contribution in [0, 0.1) is 11.8 Å². The van der Waals surface area contributed by atoms with Gasteiger partial charge in [-0.25, -0.2) is 0 Å². The summed E-state index contributed by atoms with van der Waals surface area (Å²) in [6.07, 6.45) is 2.39. The number of amides is 2. The first-order valence-corrected chi connectivity index (χ1v) is 13.0. The van der Waals surface area contributed by atoms with Crippen LogP contribution in [0.4, 0.5) is 0 Å². The maximum Gasteiger partial charge on any atom is 0.270 e. The van der Waals surface area contributed by atoms with Gasteiger partial charge in [0.2, 0.25) is 5.91 Å². The molecule has 182 valence electrons. The zero-order valence-electron chi connectivity index (χ0n) is 20.5. The molecule has 0 aliphatic carbocycles. The van der Waals surface area contributed by atoms with E-state index >= 15 is 0 Å². The Balaban J connectivity index is 1.45. The van der Waals surface area contributed by atoms with Crippen LogP contribution in [0.3, 0.4) is 0 Å². The number of carbonyl (C=O) groups is 2. The summed E-state index contributed by atoms with van der Waals surface area (Å²) in [5, 5.41) is 6.31. The van der Waals surface area contributed by atoms with Gasteiger partial charge in [-0.2, -0.15) is 0 Å². The summed E-state index contributed by atoms with van der Waals surface area (Å²) in [5.74, 6) is 1.51. The van der Waals surface area contributed by atoms with Crippen LogP contribution in [0.15, 0.2) is 41.8 Å². The second kappa shape index (κ2) is 10.6. The summed E-state index contributed by atoms with van der Waals surface area (Å²) in [4.78, 5) is 29.3.